The number of halogens is 1. The maximum Gasteiger partial charge on any atom is 0.356 e. The summed E-state index contributed by atoms with van der Waals surface area (Å²) < 4.78 is 3.28. The number of aromatic nitrogens is 4. The van der Waals surface area contributed by atoms with Crippen molar-refractivity contribution in [2.24, 2.45) is 0 Å². The zero-order valence-electron chi connectivity index (χ0n) is 13.6. The molecule has 1 amide bonds. The van der Waals surface area contributed by atoms with Crippen molar-refractivity contribution < 1.29 is 14.7 Å². The van der Waals surface area contributed by atoms with Gasteiger partial charge in [-0.1, -0.05) is 11.6 Å². The Morgan fingerprint density at radius 2 is 2.04 bits per heavy atom. The minimum atomic E-state index is -1.08. The maximum absolute atomic E-state index is 11.8. The molecule has 0 radical (unpaired) electrons. The van der Waals surface area contributed by atoms with E-state index in [1.54, 1.807) is 6.20 Å². The lowest BCUT2D eigenvalue weighted by molar-refractivity contribution is -0.121. The van der Waals surface area contributed by atoms with E-state index in [9.17, 15) is 9.59 Å². The number of amides is 1. The van der Waals surface area contributed by atoms with Crippen molar-refractivity contribution >= 4 is 23.5 Å². The quantitative estimate of drug-likeness (QED) is 0.702. The van der Waals surface area contributed by atoms with Crippen LogP contribution in [0.1, 0.15) is 34.7 Å². The molecule has 0 spiro atoms. The highest BCUT2D eigenvalue weighted by Crippen LogP contribution is 2.18. The Bertz CT molecular complexity index is 738. The summed E-state index contributed by atoms with van der Waals surface area (Å²) >= 11 is 6.08. The van der Waals surface area contributed by atoms with Crippen LogP contribution < -0.4 is 5.32 Å². The van der Waals surface area contributed by atoms with E-state index < -0.39 is 5.97 Å². The number of aryl methyl sites for hydroxylation is 3. The van der Waals surface area contributed by atoms with Gasteiger partial charge in [-0.2, -0.15) is 10.2 Å². The van der Waals surface area contributed by atoms with Gasteiger partial charge in [-0.3, -0.25) is 14.2 Å². The lowest BCUT2D eigenvalue weighted by Crippen LogP contribution is -2.26. The van der Waals surface area contributed by atoms with Crippen LogP contribution in [0.15, 0.2) is 12.3 Å². The van der Waals surface area contributed by atoms with Crippen LogP contribution in [0.2, 0.25) is 5.02 Å². The van der Waals surface area contributed by atoms with Gasteiger partial charge >= 0.3 is 5.97 Å². The molecule has 8 nitrogen and oxygen atoms in total. The van der Waals surface area contributed by atoms with Gasteiger partial charge in [0, 0.05) is 32.3 Å². The molecule has 0 fully saturated rings. The van der Waals surface area contributed by atoms with E-state index in [0.717, 1.165) is 17.8 Å². The summed E-state index contributed by atoms with van der Waals surface area (Å²) in [5.41, 5.74) is 1.70. The zero-order chi connectivity index (χ0) is 17.7. The molecule has 0 aliphatic rings. The number of nitrogens with zero attached hydrogens (tertiary/aromatic N) is 4. The maximum atomic E-state index is 11.8. The number of carboxylic acid groups (broad SMARTS) is 1. The van der Waals surface area contributed by atoms with Gasteiger partial charge in [0.05, 0.1) is 16.4 Å². The highest BCUT2D eigenvalue weighted by molar-refractivity contribution is 6.31. The molecule has 0 saturated heterocycles. The fourth-order valence-electron chi connectivity index (χ4n) is 2.25. The van der Waals surface area contributed by atoms with Crippen molar-refractivity contribution in [2.45, 2.75) is 39.8 Å². The van der Waals surface area contributed by atoms with Crippen LogP contribution in [0.5, 0.6) is 0 Å². The summed E-state index contributed by atoms with van der Waals surface area (Å²) in [6.07, 6.45) is 2.53. The van der Waals surface area contributed by atoms with Crippen LogP contribution in [0.3, 0.4) is 0 Å². The van der Waals surface area contributed by atoms with Crippen LogP contribution in [-0.4, -0.2) is 43.1 Å². The molecular weight excluding hydrogens is 334 g/mol. The number of carboxylic acids is 1. The van der Waals surface area contributed by atoms with Gasteiger partial charge < -0.3 is 10.4 Å². The van der Waals surface area contributed by atoms with Crippen molar-refractivity contribution in [1.82, 2.24) is 24.9 Å². The Morgan fingerprint density at radius 3 is 2.62 bits per heavy atom. The molecule has 130 valence electrons. The third-order valence-electron chi connectivity index (χ3n) is 3.59. The second-order valence-electron chi connectivity index (χ2n) is 5.43. The standard InChI is InChI=1S/C15H20ClN5O3/c1-10-14(16)11(2)21(18-10)7-3-6-17-13(22)5-9-20-8-4-12(19-20)15(23)24/h4,8H,3,5-7,9H2,1-2H3,(H,17,22)(H,23,24). The molecule has 0 bridgehead atoms. The van der Waals surface area contributed by atoms with Gasteiger partial charge in [-0.05, 0) is 26.3 Å². The fraction of sp³-hybridized carbons (Fsp3) is 0.467. The summed E-state index contributed by atoms with van der Waals surface area (Å²) in [7, 11) is 0. The van der Waals surface area contributed by atoms with Gasteiger partial charge in [-0.15, -0.1) is 0 Å². The monoisotopic (exact) mass is 353 g/mol. The van der Waals surface area contributed by atoms with Crippen molar-refractivity contribution in [3.05, 3.63) is 34.4 Å². The molecule has 0 atom stereocenters. The molecule has 0 aliphatic heterocycles. The van der Waals surface area contributed by atoms with E-state index in [0.29, 0.717) is 24.7 Å². The lowest BCUT2D eigenvalue weighted by Gasteiger charge is -2.07. The first-order valence-corrected chi connectivity index (χ1v) is 7.99. The molecule has 0 saturated carbocycles. The molecule has 0 unspecified atom stereocenters. The second-order valence-corrected chi connectivity index (χ2v) is 5.81. The molecule has 9 heteroatoms. The highest BCUT2D eigenvalue weighted by Gasteiger charge is 2.09. The Hall–Kier alpha value is -2.35. The van der Waals surface area contributed by atoms with Gasteiger partial charge in [0.1, 0.15) is 0 Å². The summed E-state index contributed by atoms with van der Waals surface area (Å²) in [6, 6.07) is 1.40. The normalized spacial score (nSPS) is 10.8. The van der Waals surface area contributed by atoms with Crippen molar-refractivity contribution in [3.63, 3.8) is 0 Å². The van der Waals surface area contributed by atoms with Crippen molar-refractivity contribution in [3.8, 4) is 0 Å². The van der Waals surface area contributed by atoms with Crippen LogP contribution in [-0.2, 0) is 17.9 Å². The Morgan fingerprint density at radius 1 is 1.29 bits per heavy atom. The number of aromatic carboxylic acids is 1. The van der Waals surface area contributed by atoms with Crippen molar-refractivity contribution in [2.75, 3.05) is 6.54 Å². The van der Waals surface area contributed by atoms with Gasteiger partial charge in [-0.25, -0.2) is 4.79 Å². The first-order valence-electron chi connectivity index (χ1n) is 7.61. The number of hydrogen-bond donors (Lipinski definition) is 2. The zero-order valence-corrected chi connectivity index (χ0v) is 14.4. The highest BCUT2D eigenvalue weighted by atomic mass is 35.5. The Labute approximate surface area is 144 Å². The predicted octanol–water partition coefficient (Wildman–Crippen LogP) is 1.64. The minimum absolute atomic E-state index is 0.0287. The summed E-state index contributed by atoms with van der Waals surface area (Å²) in [6.45, 7) is 5.33. The number of rotatable bonds is 8. The molecule has 2 N–H and O–H groups in total. The van der Waals surface area contributed by atoms with E-state index in [1.807, 2.05) is 18.5 Å². The second kappa shape index (κ2) is 7.96. The molecule has 24 heavy (non-hydrogen) atoms. The average molecular weight is 354 g/mol. The van der Waals surface area contributed by atoms with E-state index in [-0.39, 0.29) is 18.0 Å². The van der Waals surface area contributed by atoms with Crippen LogP contribution in [0.25, 0.3) is 0 Å². The summed E-state index contributed by atoms with van der Waals surface area (Å²) in [5, 5.41) is 20.5. The number of hydrogen-bond acceptors (Lipinski definition) is 4. The topological polar surface area (TPSA) is 102 Å². The van der Waals surface area contributed by atoms with E-state index >= 15 is 0 Å². The van der Waals surface area contributed by atoms with Crippen LogP contribution in [0, 0.1) is 13.8 Å². The Balaban J connectivity index is 1.67. The van der Waals surface area contributed by atoms with Gasteiger partial charge in [0.15, 0.2) is 5.69 Å². The van der Waals surface area contributed by atoms with Crippen molar-refractivity contribution in [1.29, 1.82) is 0 Å². The molecule has 2 aromatic heterocycles. The van der Waals surface area contributed by atoms with Gasteiger partial charge in [0.25, 0.3) is 0 Å². The first kappa shape index (κ1) is 18.0. The minimum Gasteiger partial charge on any atom is -0.476 e. The molecule has 2 rings (SSSR count). The third kappa shape index (κ3) is 4.58. The molecule has 0 aromatic carbocycles. The predicted molar refractivity (Wildman–Crippen MR) is 88.1 cm³/mol. The SMILES string of the molecule is Cc1nn(CCCNC(=O)CCn2ccc(C(=O)O)n2)c(C)c1Cl. The summed E-state index contributed by atoms with van der Waals surface area (Å²) in [4.78, 5) is 22.5. The van der Waals surface area contributed by atoms with E-state index in [1.165, 1.54) is 10.7 Å². The largest absolute Gasteiger partial charge is 0.476 e. The third-order valence-corrected chi connectivity index (χ3v) is 4.14. The Kier molecular flexibility index (Phi) is 5.97. The number of carbonyl (C=O) groups excluding carboxylic acids is 1. The van der Waals surface area contributed by atoms with E-state index in [4.69, 9.17) is 16.7 Å². The molecule has 2 heterocycles. The smallest absolute Gasteiger partial charge is 0.356 e. The van der Waals surface area contributed by atoms with Gasteiger partial charge in [0.2, 0.25) is 5.91 Å². The molecular formula is C15H20ClN5O3. The van der Waals surface area contributed by atoms with Crippen LogP contribution in [0.4, 0.5) is 0 Å². The number of nitrogens with one attached hydrogen (secondary N) is 1. The van der Waals surface area contributed by atoms with Crippen LogP contribution >= 0.6 is 11.6 Å². The fourth-order valence-corrected chi connectivity index (χ4v) is 2.39. The summed E-state index contributed by atoms with van der Waals surface area (Å²) in [5.74, 6) is -1.18. The first-order chi connectivity index (χ1) is 11.4. The van der Waals surface area contributed by atoms with E-state index in [2.05, 4.69) is 15.5 Å². The lowest BCUT2D eigenvalue weighted by atomic mass is 10.3. The number of carbonyl (C=O) groups is 2. The average Bonchev–Trinajstić information content (AvgIpc) is 3.11. The molecule has 0 aliphatic carbocycles. The molecule has 2 aromatic rings.